The van der Waals surface area contributed by atoms with E-state index in [4.69, 9.17) is 0 Å². The molecule has 5 nitrogen and oxygen atoms in total. The van der Waals surface area contributed by atoms with Crippen LogP contribution in [-0.4, -0.2) is 41.5 Å². The number of phenols is 1. The minimum Gasteiger partial charge on any atom is -0.507 e. The highest BCUT2D eigenvalue weighted by Gasteiger charge is 2.36. The normalized spacial score (nSPS) is 20.3. The Kier molecular flexibility index (Phi) is 5.55. The van der Waals surface area contributed by atoms with E-state index < -0.39 is 17.5 Å². The van der Waals surface area contributed by atoms with Gasteiger partial charge in [-0.05, 0) is 43.7 Å². The first-order valence-corrected chi connectivity index (χ1v) is 9.01. The van der Waals surface area contributed by atoms with E-state index in [1.807, 2.05) is 7.05 Å². The summed E-state index contributed by atoms with van der Waals surface area (Å²) in [6.07, 6.45) is -2.49. The number of nitrogens with one attached hydrogen (secondary N) is 1. The van der Waals surface area contributed by atoms with Crippen molar-refractivity contribution in [2.75, 3.05) is 25.0 Å². The predicted octanol–water partition coefficient (Wildman–Crippen LogP) is 3.69. The van der Waals surface area contributed by atoms with Crippen LogP contribution >= 0.6 is 0 Å². The second kappa shape index (κ2) is 7.72. The summed E-state index contributed by atoms with van der Waals surface area (Å²) in [7, 11) is 1.90. The number of likely N-dealkylation sites (N-methyl/N-ethyl adjacent to an activating group) is 1. The molecule has 2 N–H and O–H groups in total. The van der Waals surface area contributed by atoms with Gasteiger partial charge in [0.25, 0.3) is 0 Å². The molecule has 1 aromatic carbocycles. The number of phenolic OH excluding ortho intramolecular Hbond substituents is 1. The minimum absolute atomic E-state index is 0.000537. The molecule has 27 heavy (non-hydrogen) atoms. The molecule has 0 saturated carbocycles. The van der Waals surface area contributed by atoms with Gasteiger partial charge < -0.3 is 15.3 Å². The Hall–Kier alpha value is -2.35. The molecule has 2 atom stereocenters. The Bertz CT molecular complexity index is 780. The van der Waals surface area contributed by atoms with E-state index in [1.165, 1.54) is 18.2 Å². The smallest absolute Gasteiger partial charge is 0.417 e. The molecule has 0 radical (unpaired) electrons. The number of hydrogen-bond acceptors (Lipinski definition) is 5. The highest BCUT2D eigenvalue weighted by molar-refractivity contribution is 5.71. The average molecular weight is 380 g/mol. The molecule has 1 aliphatic rings. The fraction of sp³-hybridized carbons (Fsp3) is 0.474. The van der Waals surface area contributed by atoms with Gasteiger partial charge in [0.15, 0.2) is 5.82 Å². The van der Waals surface area contributed by atoms with E-state index in [9.17, 15) is 18.3 Å². The lowest BCUT2D eigenvalue weighted by Crippen LogP contribution is -2.40. The first kappa shape index (κ1) is 19.4. The molecule has 1 saturated heterocycles. The van der Waals surface area contributed by atoms with Crippen molar-refractivity contribution < 1.29 is 18.3 Å². The fourth-order valence-corrected chi connectivity index (χ4v) is 3.82. The number of alkyl halides is 3. The van der Waals surface area contributed by atoms with Gasteiger partial charge in [-0.3, -0.25) is 0 Å². The Balaban J connectivity index is 1.93. The molecule has 3 rings (SSSR count). The van der Waals surface area contributed by atoms with Gasteiger partial charge >= 0.3 is 6.18 Å². The zero-order valence-electron chi connectivity index (χ0n) is 15.3. The third kappa shape index (κ3) is 3.85. The molecule has 0 spiro atoms. The van der Waals surface area contributed by atoms with Crippen molar-refractivity contribution in [2.24, 2.45) is 5.92 Å². The van der Waals surface area contributed by atoms with Gasteiger partial charge in [-0.25, -0.2) is 0 Å². The van der Waals surface area contributed by atoms with Crippen molar-refractivity contribution in [1.29, 1.82) is 0 Å². The maximum Gasteiger partial charge on any atom is 0.417 e. The SMILES string of the molecule is CC[C@H]1CCN(c2ccc(-c3c(O)cccc3C(F)(F)F)nn2)[C@H]1CNC. The zero-order valence-corrected chi connectivity index (χ0v) is 15.3. The van der Waals surface area contributed by atoms with Gasteiger partial charge in [0.2, 0.25) is 0 Å². The summed E-state index contributed by atoms with van der Waals surface area (Å²) in [5.41, 5.74) is -1.27. The summed E-state index contributed by atoms with van der Waals surface area (Å²) in [5.74, 6) is 0.708. The van der Waals surface area contributed by atoms with Crippen LogP contribution < -0.4 is 10.2 Å². The highest BCUT2D eigenvalue weighted by atomic mass is 19.4. The number of aromatic hydroxyl groups is 1. The molecule has 8 heteroatoms. The fourth-order valence-electron chi connectivity index (χ4n) is 3.82. The van der Waals surface area contributed by atoms with Gasteiger partial charge in [0, 0.05) is 19.1 Å². The molecule has 0 unspecified atom stereocenters. The van der Waals surface area contributed by atoms with E-state index in [-0.39, 0.29) is 17.3 Å². The molecule has 2 aromatic rings. The standard InChI is InChI=1S/C19H23F3N4O/c1-3-12-9-10-26(15(12)11-23-2)17-8-7-14(24-25-17)18-13(19(20,21)22)5-4-6-16(18)27/h4-8,12,15,23,27H,3,9-11H2,1-2H3/t12-,15-/m0/s1. The van der Waals surface area contributed by atoms with Gasteiger partial charge in [-0.1, -0.05) is 19.4 Å². The number of nitrogens with zero attached hydrogens (tertiary/aromatic N) is 3. The summed E-state index contributed by atoms with van der Waals surface area (Å²) in [4.78, 5) is 2.15. The van der Waals surface area contributed by atoms with Gasteiger partial charge in [-0.15, -0.1) is 10.2 Å². The quantitative estimate of drug-likeness (QED) is 0.828. The van der Waals surface area contributed by atoms with E-state index >= 15 is 0 Å². The third-order valence-electron chi connectivity index (χ3n) is 5.17. The largest absolute Gasteiger partial charge is 0.507 e. The monoisotopic (exact) mass is 380 g/mol. The molecule has 2 heterocycles. The number of aromatic nitrogens is 2. The van der Waals surface area contributed by atoms with Crippen LogP contribution in [0.3, 0.4) is 0 Å². The molecular formula is C19H23F3N4O. The number of rotatable bonds is 5. The van der Waals surface area contributed by atoms with Gasteiger partial charge in [0.1, 0.15) is 5.75 Å². The maximum atomic E-state index is 13.3. The van der Waals surface area contributed by atoms with Crippen molar-refractivity contribution in [1.82, 2.24) is 15.5 Å². The Morgan fingerprint density at radius 1 is 1.22 bits per heavy atom. The van der Waals surface area contributed by atoms with Crippen LogP contribution in [0.25, 0.3) is 11.3 Å². The van der Waals surface area contributed by atoms with Crippen LogP contribution in [-0.2, 0) is 6.18 Å². The molecule has 1 fully saturated rings. The number of halogens is 3. The van der Waals surface area contributed by atoms with Crippen molar-refractivity contribution in [3.8, 4) is 17.0 Å². The van der Waals surface area contributed by atoms with E-state index in [2.05, 4.69) is 27.3 Å². The second-order valence-corrected chi connectivity index (χ2v) is 6.75. The minimum atomic E-state index is -4.59. The summed E-state index contributed by atoms with van der Waals surface area (Å²) >= 11 is 0. The Morgan fingerprint density at radius 3 is 2.59 bits per heavy atom. The van der Waals surface area contributed by atoms with Crippen LogP contribution in [0.2, 0.25) is 0 Å². The molecule has 1 aliphatic heterocycles. The number of benzene rings is 1. The van der Waals surface area contributed by atoms with Crippen molar-refractivity contribution in [3.05, 3.63) is 35.9 Å². The van der Waals surface area contributed by atoms with Crippen molar-refractivity contribution in [2.45, 2.75) is 32.0 Å². The topological polar surface area (TPSA) is 61.3 Å². The average Bonchev–Trinajstić information content (AvgIpc) is 3.04. The van der Waals surface area contributed by atoms with Crippen molar-refractivity contribution in [3.63, 3.8) is 0 Å². The lowest BCUT2D eigenvalue weighted by atomic mass is 9.97. The highest BCUT2D eigenvalue weighted by Crippen LogP contribution is 2.41. The Morgan fingerprint density at radius 2 is 2.00 bits per heavy atom. The third-order valence-corrected chi connectivity index (χ3v) is 5.17. The van der Waals surface area contributed by atoms with Crippen LogP contribution in [0, 0.1) is 5.92 Å². The van der Waals surface area contributed by atoms with Gasteiger partial charge in [0.05, 0.1) is 16.8 Å². The lowest BCUT2D eigenvalue weighted by Gasteiger charge is -2.28. The summed E-state index contributed by atoms with van der Waals surface area (Å²) in [6, 6.07) is 6.75. The second-order valence-electron chi connectivity index (χ2n) is 6.75. The van der Waals surface area contributed by atoms with Crippen LogP contribution in [0.4, 0.5) is 19.0 Å². The van der Waals surface area contributed by atoms with Crippen LogP contribution in [0.1, 0.15) is 25.3 Å². The zero-order chi connectivity index (χ0) is 19.6. The summed E-state index contributed by atoms with van der Waals surface area (Å²) in [5, 5.41) is 21.3. The van der Waals surface area contributed by atoms with E-state index in [1.54, 1.807) is 6.07 Å². The van der Waals surface area contributed by atoms with Crippen LogP contribution in [0.5, 0.6) is 5.75 Å². The van der Waals surface area contributed by atoms with Crippen LogP contribution in [0.15, 0.2) is 30.3 Å². The number of hydrogen-bond donors (Lipinski definition) is 2. The van der Waals surface area contributed by atoms with Crippen molar-refractivity contribution >= 4 is 5.82 Å². The molecule has 0 bridgehead atoms. The lowest BCUT2D eigenvalue weighted by molar-refractivity contribution is -0.137. The maximum absolute atomic E-state index is 13.3. The molecule has 0 amide bonds. The van der Waals surface area contributed by atoms with E-state index in [0.717, 1.165) is 32.0 Å². The molecule has 146 valence electrons. The number of anilines is 1. The summed E-state index contributed by atoms with van der Waals surface area (Å²) < 4.78 is 39.8. The first-order valence-electron chi connectivity index (χ1n) is 9.01. The predicted molar refractivity (Wildman–Crippen MR) is 97.6 cm³/mol. The summed E-state index contributed by atoms with van der Waals surface area (Å²) in [6.45, 7) is 3.80. The molecule has 1 aromatic heterocycles. The molecular weight excluding hydrogens is 357 g/mol. The van der Waals surface area contributed by atoms with E-state index in [0.29, 0.717) is 11.7 Å². The molecule has 0 aliphatic carbocycles. The first-order chi connectivity index (χ1) is 12.9. The van der Waals surface area contributed by atoms with Gasteiger partial charge in [-0.2, -0.15) is 13.2 Å². The Labute approximate surface area is 156 Å².